The largest absolute Gasteiger partial charge is 0.385 e. The Morgan fingerprint density at radius 2 is 1.92 bits per heavy atom. The second-order valence-electron chi connectivity index (χ2n) is 9.32. The molecule has 0 spiro atoms. The van der Waals surface area contributed by atoms with Crippen molar-refractivity contribution < 1.29 is 14.7 Å². The Morgan fingerprint density at radius 1 is 1.16 bits per heavy atom. The molecule has 6 atom stereocenters. The van der Waals surface area contributed by atoms with Gasteiger partial charge in [-0.3, -0.25) is 9.59 Å². The van der Waals surface area contributed by atoms with E-state index in [2.05, 4.69) is 19.9 Å². The summed E-state index contributed by atoms with van der Waals surface area (Å²) in [7, 11) is 0. The number of aliphatic hydroxyl groups excluding tert-OH is 1. The van der Waals surface area contributed by atoms with Gasteiger partial charge in [0.2, 0.25) is 0 Å². The second-order valence-corrected chi connectivity index (χ2v) is 9.32. The minimum absolute atomic E-state index is 0.0721. The molecular weight excluding hydrogens is 312 g/mol. The molecule has 3 heteroatoms. The fourth-order valence-corrected chi connectivity index (χ4v) is 6.73. The van der Waals surface area contributed by atoms with Gasteiger partial charge in [0, 0.05) is 12.0 Å². The molecule has 2 saturated carbocycles. The molecule has 0 heterocycles. The van der Waals surface area contributed by atoms with E-state index < -0.39 is 6.10 Å². The van der Waals surface area contributed by atoms with E-state index in [9.17, 15) is 14.7 Å². The van der Waals surface area contributed by atoms with Gasteiger partial charge in [-0.15, -0.1) is 0 Å². The average molecular weight is 342 g/mol. The Bertz CT molecular complexity index is 685. The summed E-state index contributed by atoms with van der Waals surface area (Å²) in [6.07, 6.45) is 10.2. The van der Waals surface area contributed by atoms with Gasteiger partial charge in [-0.25, -0.2) is 0 Å². The molecule has 2 fully saturated rings. The molecule has 0 aromatic rings. The monoisotopic (exact) mass is 342 g/mol. The van der Waals surface area contributed by atoms with Crippen molar-refractivity contribution in [3.8, 4) is 0 Å². The van der Waals surface area contributed by atoms with Crippen molar-refractivity contribution in [3.05, 3.63) is 23.3 Å². The third-order valence-corrected chi connectivity index (χ3v) is 8.19. The molecule has 136 valence electrons. The van der Waals surface area contributed by atoms with E-state index in [-0.39, 0.29) is 16.6 Å². The first kappa shape index (κ1) is 17.2. The molecule has 0 bridgehead atoms. The Balaban J connectivity index is 1.64. The van der Waals surface area contributed by atoms with Crippen molar-refractivity contribution in [2.45, 2.75) is 71.8 Å². The summed E-state index contributed by atoms with van der Waals surface area (Å²) in [4.78, 5) is 24.4. The standard InChI is InChI=1S/C22H30O3/c1-13(23)20(25)19-7-6-17-16-5-4-14-12-15(24)8-10-21(14,2)18(16)9-11-22(17,19)3/h7,12-13,16-18,23H,4-6,8-11H2,1-3H3/t13?,16-,17-,18-,21-,22-/m0/s1. The second kappa shape index (κ2) is 5.64. The summed E-state index contributed by atoms with van der Waals surface area (Å²) in [5.74, 6) is 2.01. The summed E-state index contributed by atoms with van der Waals surface area (Å²) in [6.45, 7) is 6.23. The minimum Gasteiger partial charge on any atom is -0.385 e. The molecule has 4 rings (SSSR count). The van der Waals surface area contributed by atoms with Crippen LogP contribution in [0.5, 0.6) is 0 Å². The Morgan fingerprint density at radius 3 is 2.64 bits per heavy atom. The van der Waals surface area contributed by atoms with Gasteiger partial charge in [-0.1, -0.05) is 25.5 Å². The van der Waals surface area contributed by atoms with Crippen LogP contribution in [-0.4, -0.2) is 22.8 Å². The molecule has 0 aromatic heterocycles. The number of allylic oxidation sites excluding steroid dienone is 3. The number of hydrogen-bond donors (Lipinski definition) is 1. The molecule has 0 radical (unpaired) electrons. The van der Waals surface area contributed by atoms with Crippen molar-refractivity contribution in [2.75, 3.05) is 0 Å². The van der Waals surface area contributed by atoms with Crippen LogP contribution >= 0.6 is 0 Å². The maximum Gasteiger partial charge on any atom is 0.187 e. The zero-order valence-corrected chi connectivity index (χ0v) is 15.7. The van der Waals surface area contributed by atoms with E-state index in [1.54, 1.807) is 6.92 Å². The molecule has 4 aliphatic carbocycles. The van der Waals surface area contributed by atoms with Gasteiger partial charge in [0.25, 0.3) is 0 Å². The van der Waals surface area contributed by atoms with Crippen LogP contribution in [0.1, 0.15) is 65.7 Å². The van der Waals surface area contributed by atoms with Gasteiger partial charge < -0.3 is 5.11 Å². The van der Waals surface area contributed by atoms with Gasteiger partial charge in [-0.2, -0.15) is 0 Å². The van der Waals surface area contributed by atoms with Gasteiger partial charge in [0.05, 0.1) is 0 Å². The highest BCUT2D eigenvalue weighted by Gasteiger charge is 2.57. The molecule has 0 amide bonds. The van der Waals surface area contributed by atoms with Crippen molar-refractivity contribution in [3.63, 3.8) is 0 Å². The van der Waals surface area contributed by atoms with Crippen molar-refractivity contribution in [1.29, 1.82) is 0 Å². The quantitative estimate of drug-likeness (QED) is 0.825. The third-order valence-electron chi connectivity index (χ3n) is 8.19. The van der Waals surface area contributed by atoms with Crippen LogP contribution in [0.3, 0.4) is 0 Å². The lowest BCUT2D eigenvalue weighted by atomic mass is 9.46. The van der Waals surface area contributed by atoms with E-state index in [1.165, 1.54) is 5.57 Å². The van der Waals surface area contributed by atoms with Crippen molar-refractivity contribution >= 4 is 11.6 Å². The summed E-state index contributed by atoms with van der Waals surface area (Å²) in [6, 6.07) is 0. The van der Waals surface area contributed by atoms with Crippen LogP contribution in [0.25, 0.3) is 0 Å². The highest BCUT2D eigenvalue weighted by atomic mass is 16.3. The van der Waals surface area contributed by atoms with E-state index in [1.807, 2.05) is 6.08 Å². The molecule has 0 saturated heterocycles. The van der Waals surface area contributed by atoms with Gasteiger partial charge in [-0.05, 0) is 80.1 Å². The Kier molecular flexibility index (Phi) is 3.88. The van der Waals surface area contributed by atoms with Gasteiger partial charge in [0.1, 0.15) is 6.10 Å². The summed E-state index contributed by atoms with van der Waals surface area (Å²) in [5, 5.41) is 9.81. The number of hydrogen-bond acceptors (Lipinski definition) is 3. The molecule has 3 nitrogen and oxygen atoms in total. The fourth-order valence-electron chi connectivity index (χ4n) is 6.73. The zero-order chi connectivity index (χ0) is 18.0. The summed E-state index contributed by atoms with van der Waals surface area (Å²) in [5.41, 5.74) is 2.38. The number of carbonyl (C=O) groups excluding carboxylic acids is 2. The average Bonchev–Trinajstić information content (AvgIpc) is 2.92. The van der Waals surface area contributed by atoms with Crippen LogP contribution in [0, 0.1) is 28.6 Å². The van der Waals surface area contributed by atoms with Crippen molar-refractivity contribution in [2.24, 2.45) is 28.6 Å². The van der Waals surface area contributed by atoms with Crippen LogP contribution in [-0.2, 0) is 9.59 Å². The SMILES string of the molecule is CC(O)C(=O)C1=CC[C@H]2[C@@H]3CCC4=CC(=O)CC[C@]4(C)[C@H]3CC[C@]12C. The summed E-state index contributed by atoms with van der Waals surface area (Å²) < 4.78 is 0. The van der Waals surface area contributed by atoms with E-state index in [0.717, 1.165) is 44.1 Å². The number of fused-ring (bicyclic) bond motifs is 5. The molecule has 0 aromatic carbocycles. The first-order valence-electron chi connectivity index (χ1n) is 9.94. The molecule has 1 unspecified atom stereocenters. The van der Waals surface area contributed by atoms with Crippen LogP contribution in [0.4, 0.5) is 0 Å². The smallest absolute Gasteiger partial charge is 0.187 e. The number of aliphatic hydroxyl groups is 1. The predicted octanol–water partition coefficient (Wildman–Crippen LogP) is 4.00. The van der Waals surface area contributed by atoms with E-state index in [0.29, 0.717) is 30.0 Å². The van der Waals surface area contributed by atoms with Crippen LogP contribution in [0.15, 0.2) is 23.3 Å². The lowest BCUT2D eigenvalue weighted by molar-refractivity contribution is -0.125. The van der Waals surface area contributed by atoms with E-state index in [4.69, 9.17) is 0 Å². The molecular formula is C22H30O3. The van der Waals surface area contributed by atoms with Crippen LogP contribution in [0.2, 0.25) is 0 Å². The first-order valence-corrected chi connectivity index (χ1v) is 9.94. The predicted molar refractivity (Wildman–Crippen MR) is 96.9 cm³/mol. The van der Waals surface area contributed by atoms with E-state index >= 15 is 0 Å². The molecule has 0 aliphatic heterocycles. The first-order chi connectivity index (χ1) is 11.8. The molecule has 25 heavy (non-hydrogen) atoms. The molecule has 1 N–H and O–H groups in total. The Hall–Kier alpha value is -1.22. The lowest BCUT2D eigenvalue weighted by Crippen LogP contribution is -2.50. The van der Waals surface area contributed by atoms with Crippen LogP contribution < -0.4 is 0 Å². The summed E-state index contributed by atoms with van der Waals surface area (Å²) >= 11 is 0. The molecule has 4 aliphatic rings. The Labute approximate surface area is 150 Å². The lowest BCUT2D eigenvalue weighted by Gasteiger charge is -2.57. The third kappa shape index (κ3) is 2.34. The highest BCUT2D eigenvalue weighted by Crippen LogP contribution is 2.65. The number of ketones is 2. The minimum atomic E-state index is -0.901. The van der Waals surface area contributed by atoms with Crippen molar-refractivity contribution in [1.82, 2.24) is 0 Å². The zero-order valence-electron chi connectivity index (χ0n) is 15.7. The van der Waals surface area contributed by atoms with Gasteiger partial charge in [0.15, 0.2) is 11.6 Å². The normalized spacial score (nSPS) is 44.2. The number of rotatable bonds is 2. The number of Topliss-reactive ketones (excluding diaryl/α,β-unsaturated/α-hetero) is 1. The van der Waals surface area contributed by atoms with Gasteiger partial charge >= 0.3 is 0 Å². The maximum atomic E-state index is 12.5. The highest BCUT2D eigenvalue weighted by molar-refractivity contribution is 6.00. The number of carbonyl (C=O) groups is 2. The fraction of sp³-hybridized carbons (Fsp3) is 0.727. The maximum absolute atomic E-state index is 12.5. The topological polar surface area (TPSA) is 54.4 Å².